The van der Waals surface area contributed by atoms with E-state index in [-0.39, 0.29) is 0 Å². The summed E-state index contributed by atoms with van der Waals surface area (Å²) in [6, 6.07) is 3.98. The lowest BCUT2D eigenvalue weighted by Gasteiger charge is -2.31. The highest BCUT2D eigenvalue weighted by atomic mass is 79.9. The molecule has 1 fully saturated rings. The molecule has 1 aromatic rings. The summed E-state index contributed by atoms with van der Waals surface area (Å²) in [5, 5.41) is 4.14. The number of piperazine rings is 1. The number of halogens is 2. The van der Waals surface area contributed by atoms with Gasteiger partial charge in [-0.15, -0.1) is 0 Å². The summed E-state index contributed by atoms with van der Waals surface area (Å²) in [5.41, 5.74) is 2.51. The van der Waals surface area contributed by atoms with Gasteiger partial charge in [0.15, 0.2) is 0 Å². The zero-order valence-electron chi connectivity index (χ0n) is 8.69. The van der Waals surface area contributed by atoms with Crippen molar-refractivity contribution in [3.05, 3.63) is 27.2 Å². The lowest BCUT2D eigenvalue weighted by atomic mass is 10.1. The summed E-state index contributed by atoms with van der Waals surface area (Å²) in [5.74, 6) is 0. The van der Waals surface area contributed by atoms with Crippen molar-refractivity contribution in [1.29, 1.82) is 0 Å². The molecule has 1 aliphatic rings. The second-order valence-corrected chi connectivity index (χ2v) is 5.08. The molecule has 0 atom stereocenters. The van der Waals surface area contributed by atoms with Crippen LogP contribution < -0.4 is 10.2 Å². The molecule has 15 heavy (non-hydrogen) atoms. The Morgan fingerprint density at radius 1 is 1.33 bits per heavy atom. The number of hydrogen-bond acceptors (Lipinski definition) is 2. The Morgan fingerprint density at radius 2 is 2.00 bits per heavy atom. The average molecular weight is 290 g/mol. The summed E-state index contributed by atoms with van der Waals surface area (Å²) < 4.78 is 1.09. The van der Waals surface area contributed by atoms with Crippen molar-refractivity contribution in [2.75, 3.05) is 31.1 Å². The van der Waals surface area contributed by atoms with Crippen LogP contribution in [0.15, 0.2) is 16.6 Å². The molecular weight excluding hydrogens is 275 g/mol. The van der Waals surface area contributed by atoms with Crippen LogP contribution in [0.1, 0.15) is 5.56 Å². The zero-order valence-corrected chi connectivity index (χ0v) is 11.0. The van der Waals surface area contributed by atoms with E-state index in [2.05, 4.69) is 33.1 Å². The third-order valence-electron chi connectivity index (χ3n) is 2.65. The van der Waals surface area contributed by atoms with Gasteiger partial charge in [0, 0.05) is 35.7 Å². The van der Waals surface area contributed by atoms with E-state index in [1.54, 1.807) is 0 Å². The van der Waals surface area contributed by atoms with Gasteiger partial charge in [0.05, 0.1) is 5.69 Å². The number of nitrogens with zero attached hydrogens (tertiary/aromatic N) is 1. The van der Waals surface area contributed by atoms with Crippen molar-refractivity contribution < 1.29 is 0 Å². The number of rotatable bonds is 1. The molecule has 0 spiro atoms. The van der Waals surface area contributed by atoms with Crippen molar-refractivity contribution in [2.45, 2.75) is 6.92 Å². The highest BCUT2D eigenvalue weighted by molar-refractivity contribution is 9.10. The summed E-state index contributed by atoms with van der Waals surface area (Å²) in [4.78, 5) is 2.40. The van der Waals surface area contributed by atoms with Crippen LogP contribution in [0.3, 0.4) is 0 Å². The lowest BCUT2D eigenvalue weighted by Crippen LogP contribution is -2.43. The minimum absolute atomic E-state index is 0.790. The van der Waals surface area contributed by atoms with Crippen LogP contribution in [0.5, 0.6) is 0 Å². The van der Waals surface area contributed by atoms with E-state index in [1.165, 1.54) is 11.3 Å². The van der Waals surface area contributed by atoms with Gasteiger partial charge in [-0.1, -0.05) is 11.6 Å². The Bertz CT molecular complexity index is 339. The molecule has 1 saturated heterocycles. The van der Waals surface area contributed by atoms with E-state index < -0.39 is 0 Å². The van der Waals surface area contributed by atoms with Crippen LogP contribution in [-0.4, -0.2) is 26.2 Å². The molecule has 2 nitrogen and oxygen atoms in total. The van der Waals surface area contributed by atoms with Gasteiger partial charge in [0.1, 0.15) is 0 Å². The van der Waals surface area contributed by atoms with Crippen molar-refractivity contribution in [2.24, 2.45) is 0 Å². The first-order valence-corrected chi connectivity index (χ1v) is 6.27. The Hall–Kier alpha value is -0.250. The van der Waals surface area contributed by atoms with Crippen LogP contribution in [0, 0.1) is 6.92 Å². The molecule has 1 N–H and O–H groups in total. The second-order valence-electron chi connectivity index (χ2n) is 3.79. The van der Waals surface area contributed by atoms with Gasteiger partial charge in [-0.2, -0.15) is 0 Å². The number of nitrogens with one attached hydrogen (secondary N) is 1. The fraction of sp³-hybridized carbons (Fsp3) is 0.455. The summed E-state index contributed by atoms with van der Waals surface area (Å²) in [7, 11) is 0. The molecule has 0 radical (unpaired) electrons. The van der Waals surface area contributed by atoms with E-state index in [1.807, 2.05) is 12.1 Å². The maximum atomic E-state index is 6.00. The summed E-state index contributed by atoms with van der Waals surface area (Å²) in [6.07, 6.45) is 0. The molecule has 1 aliphatic heterocycles. The van der Waals surface area contributed by atoms with Gasteiger partial charge in [-0.3, -0.25) is 0 Å². The molecule has 0 aliphatic carbocycles. The minimum Gasteiger partial charge on any atom is -0.368 e. The van der Waals surface area contributed by atoms with Crippen LogP contribution in [-0.2, 0) is 0 Å². The van der Waals surface area contributed by atoms with Gasteiger partial charge in [-0.25, -0.2) is 0 Å². The lowest BCUT2D eigenvalue weighted by molar-refractivity contribution is 0.588. The number of hydrogen-bond donors (Lipinski definition) is 1. The maximum absolute atomic E-state index is 6.00. The molecule has 1 heterocycles. The van der Waals surface area contributed by atoms with E-state index in [4.69, 9.17) is 11.6 Å². The first-order valence-electron chi connectivity index (χ1n) is 5.10. The monoisotopic (exact) mass is 288 g/mol. The summed E-state index contributed by atoms with van der Waals surface area (Å²) >= 11 is 9.59. The van der Waals surface area contributed by atoms with Gasteiger partial charge < -0.3 is 10.2 Å². The van der Waals surface area contributed by atoms with E-state index >= 15 is 0 Å². The average Bonchev–Trinajstić information content (AvgIpc) is 2.17. The standard InChI is InChI=1S/C11H14BrClN2/c1-8-6-9(13)7-10(12)11(8)15-4-2-14-3-5-15/h6-7,14H,2-5H2,1H3. The molecule has 0 aromatic heterocycles. The minimum atomic E-state index is 0.790. The topological polar surface area (TPSA) is 15.3 Å². The van der Waals surface area contributed by atoms with Gasteiger partial charge in [0.2, 0.25) is 0 Å². The first kappa shape index (κ1) is 11.2. The highest BCUT2D eigenvalue weighted by Crippen LogP contribution is 2.33. The summed E-state index contributed by atoms with van der Waals surface area (Å²) in [6.45, 7) is 6.32. The molecule has 2 rings (SSSR count). The van der Waals surface area contributed by atoms with Crippen molar-refractivity contribution in [3.63, 3.8) is 0 Å². The normalized spacial score (nSPS) is 16.9. The molecule has 0 bridgehead atoms. The Kier molecular flexibility index (Phi) is 3.54. The van der Waals surface area contributed by atoms with Crippen LogP contribution >= 0.6 is 27.5 Å². The number of aryl methyl sites for hydroxylation is 1. The SMILES string of the molecule is Cc1cc(Cl)cc(Br)c1N1CCNCC1. The Labute approximate surface area is 104 Å². The molecule has 0 amide bonds. The largest absolute Gasteiger partial charge is 0.368 e. The maximum Gasteiger partial charge on any atom is 0.0542 e. The van der Waals surface area contributed by atoms with Crippen LogP contribution in [0.25, 0.3) is 0 Å². The predicted octanol–water partition coefficient (Wildman–Crippen LogP) is 2.82. The van der Waals surface area contributed by atoms with E-state index in [0.717, 1.165) is 35.7 Å². The smallest absolute Gasteiger partial charge is 0.0542 e. The van der Waals surface area contributed by atoms with Gasteiger partial charge in [0.25, 0.3) is 0 Å². The molecule has 0 saturated carbocycles. The van der Waals surface area contributed by atoms with E-state index in [0.29, 0.717) is 0 Å². The van der Waals surface area contributed by atoms with Gasteiger partial charge in [-0.05, 0) is 40.5 Å². The zero-order chi connectivity index (χ0) is 10.8. The van der Waals surface area contributed by atoms with Crippen molar-refractivity contribution >= 4 is 33.2 Å². The van der Waals surface area contributed by atoms with Crippen molar-refractivity contribution in [3.8, 4) is 0 Å². The van der Waals surface area contributed by atoms with Crippen LogP contribution in [0.4, 0.5) is 5.69 Å². The fourth-order valence-corrected chi connectivity index (χ4v) is 3.20. The Morgan fingerprint density at radius 3 is 2.60 bits per heavy atom. The second kappa shape index (κ2) is 4.73. The molecule has 82 valence electrons. The molecule has 4 heteroatoms. The van der Waals surface area contributed by atoms with Crippen LogP contribution in [0.2, 0.25) is 5.02 Å². The Balaban J connectivity index is 2.33. The predicted molar refractivity (Wildman–Crippen MR) is 69.0 cm³/mol. The quantitative estimate of drug-likeness (QED) is 0.855. The van der Waals surface area contributed by atoms with Gasteiger partial charge >= 0.3 is 0 Å². The highest BCUT2D eigenvalue weighted by Gasteiger charge is 2.15. The van der Waals surface area contributed by atoms with Crippen molar-refractivity contribution in [1.82, 2.24) is 5.32 Å². The van der Waals surface area contributed by atoms with E-state index in [9.17, 15) is 0 Å². The third kappa shape index (κ3) is 2.47. The third-order valence-corrected chi connectivity index (χ3v) is 3.47. The first-order chi connectivity index (χ1) is 7.18. The molecule has 0 unspecified atom stereocenters. The fourth-order valence-electron chi connectivity index (χ4n) is 1.98. The number of anilines is 1. The molecule has 1 aromatic carbocycles. The number of benzene rings is 1. The molecular formula is C11H14BrClN2.